The first-order valence-corrected chi connectivity index (χ1v) is 29.4. The third-order valence-corrected chi connectivity index (χ3v) is 14.3. The van der Waals surface area contributed by atoms with Gasteiger partial charge in [0.1, 0.15) is 0 Å². The number of amides is 1. The number of aliphatic hydroxyl groups is 1. The van der Waals surface area contributed by atoms with Crippen LogP contribution in [-0.4, -0.2) is 110 Å². The third-order valence-electron chi connectivity index (χ3n) is 14.3. The Bertz CT molecular complexity index is 1280. The maximum absolute atomic E-state index is 13.3. The van der Waals surface area contributed by atoms with Gasteiger partial charge in [-0.1, -0.05) is 163 Å². The molecular weight excluding hydrogens is 885 g/mol. The van der Waals surface area contributed by atoms with E-state index in [0.29, 0.717) is 109 Å². The van der Waals surface area contributed by atoms with E-state index >= 15 is 0 Å². The van der Waals surface area contributed by atoms with E-state index in [1.54, 1.807) is 4.90 Å². The molecule has 3 unspecified atom stereocenters. The molecular formula is C58H108N2O10. The van der Waals surface area contributed by atoms with E-state index < -0.39 is 0 Å². The van der Waals surface area contributed by atoms with Gasteiger partial charge >= 0.3 is 23.9 Å². The molecule has 12 heteroatoms. The van der Waals surface area contributed by atoms with Gasteiger partial charge in [-0.3, -0.25) is 24.0 Å². The van der Waals surface area contributed by atoms with Crippen molar-refractivity contribution in [3.8, 4) is 0 Å². The molecule has 0 aliphatic carbocycles. The zero-order valence-corrected chi connectivity index (χ0v) is 45.8. The quantitative estimate of drug-likeness (QED) is 0.0705. The van der Waals surface area contributed by atoms with Crippen LogP contribution in [0.5, 0.6) is 0 Å². The van der Waals surface area contributed by atoms with Crippen molar-refractivity contribution in [2.45, 2.75) is 259 Å². The number of rotatable bonds is 20. The molecule has 0 aromatic heterocycles. The summed E-state index contributed by atoms with van der Waals surface area (Å²) in [5.74, 6) is 0.719. The number of hydrogen-bond acceptors (Lipinski definition) is 11. The molecule has 0 aromatic carbocycles. The van der Waals surface area contributed by atoms with Crippen LogP contribution in [0.4, 0.5) is 0 Å². The van der Waals surface area contributed by atoms with Crippen molar-refractivity contribution in [1.29, 1.82) is 0 Å². The molecule has 12 nitrogen and oxygen atoms in total. The zero-order chi connectivity index (χ0) is 51.1. The van der Waals surface area contributed by atoms with Crippen LogP contribution >= 0.6 is 0 Å². The number of carbonyl (C=O) groups excluding carboxylic acids is 5. The fourth-order valence-electron chi connectivity index (χ4n) is 9.81. The molecule has 3 atom stereocenters. The summed E-state index contributed by atoms with van der Waals surface area (Å²) in [6.45, 7) is 12.8. The van der Waals surface area contributed by atoms with Crippen molar-refractivity contribution in [3.05, 3.63) is 0 Å². The van der Waals surface area contributed by atoms with Gasteiger partial charge in [-0.05, 0) is 88.5 Å². The van der Waals surface area contributed by atoms with Gasteiger partial charge in [0.25, 0.3) is 0 Å². The van der Waals surface area contributed by atoms with Crippen molar-refractivity contribution in [2.24, 2.45) is 17.8 Å². The lowest BCUT2D eigenvalue weighted by molar-refractivity contribution is -0.146. The molecule has 1 heterocycles. The Morgan fingerprint density at radius 2 is 0.900 bits per heavy atom. The van der Waals surface area contributed by atoms with Crippen LogP contribution in [0.3, 0.4) is 0 Å². The van der Waals surface area contributed by atoms with Gasteiger partial charge in [-0.25, -0.2) is 0 Å². The average Bonchev–Trinajstić information content (AvgIpc) is 3.35. The maximum Gasteiger partial charge on any atom is 0.305 e. The lowest BCUT2D eigenvalue weighted by atomic mass is 9.88. The Balaban J connectivity index is 2.90. The smallest absolute Gasteiger partial charge is 0.305 e. The minimum atomic E-state index is -0.279. The van der Waals surface area contributed by atoms with E-state index in [1.165, 1.54) is 122 Å². The first-order chi connectivity index (χ1) is 34.1. The highest BCUT2D eigenvalue weighted by molar-refractivity contribution is 5.76. The van der Waals surface area contributed by atoms with E-state index in [9.17, 15) is 29.1 Å². The summed E-state index contributed by atoms with van der Waals surface area (Å²) in [4.78, 5) is 67.9. The van der Waals surface area contributed by atoms with Crippen molar-refractivity contribution in [3.63, 3.8) is 0 Å². The number of unbranched alkanes of at least 4 members (excludes halogenated alkanes) is 8. The molecule has 0 bridgehead atoms. The second-order valence-electron chi connectivity index (χ2n) is 20.6. The maximum atomic E-state index is 13.3. The lowest BCUT2D eigenvalue weighted by Crippen LogP contribution is -2.37. The molecule has 1 N–H and O–H groups in total. The van der Waals surface area contributed by atoms with Crippen LogP contribution in [0.1, 0.15) is 259 Å². The van der Waals surface area contributed by atoms with Gasteiger partial charge in [0.15, 0.2) is 0 Å². The highest BCUT2D eigenvalue weighted by atomic mass is 16.5. The molecule has 1 amide bonds. The van der Waals surface area contributed by atoms with E-state index in [1.807, 2.05) is 11.8 Å². The van der Waals surface area contributed by atoms with Crippen LogP contribution in [0, 0.1) is 17.8 Å². The second-order valence-corrected chi connectivity index (χ2v) is 20.6. The fraction of sp³-hybridized carbons (Fsp3) is 0.914. The van der Waals surface area contributed by atoms with Crippen LogP contribution in [-0.2, 0) is 42.9 Å². The van der Waals surface area contributed by atoms with Crippen molar-refractivity contribution in [1.82, 2.24) is 9.80 Å². The molecule has 1 aliphatic heterocycles. The molecule has 410 valence electrons. The van der Waals surface area contributed by atoms with Crippen LogP contribution in [0.25, 0.3) is 0 Å². The van der Waals surface area contributed by atoms with Crippen molar-refractivity contribution < 1.29 is 48.0 Å². The summed E-state index contributed by atoms with van der Waals surface area (Å²) < 4.78 is 22.8. The summed E-state index contributed by atoms with van der Waals surface area (Å²) in [7, 11) is 0. The number of aliphatic hydroxyl groups excluding tert-OH is 1. The fourth-order valence-corrected chi connectivity index (χ4v) is 9.81. The minimum Gasteiger partial charge on any atom is -0.466 e. The molecule has 70 heavy (non-hydrogen) atoms. The van der Waals surface area contributed by atoms with E-state index in [2.05, 4.69) is 20.8 Å². The van der Waals surface area contributed by atoms with Gasteiger partial charge in [-0.2, -0.15) is 0 Å². The summed E-state index contributed by atoms with van der Waals surface area (Å²) in [6, 6.07) is 0. The molecule has 0 radical (unpaired) electrons. The van der Waals surface area contributed by atoms with E-state index in [0.717, 1.165) is 51.0 Å². The summed E-state index contributed by atoms with van der Waals surface area (Å²) in [5.41, 5.74) is 0. The molecule has 0 aromatic rings. The predicted molar refractivity (Wildman–Crippen MR) is 283 cm³/mol. The highest BCUT2D eigenvalue weighted by Gasteiger charge is 2.18. The van der Waals surface area contributed by atoms with Crippen LogP contribution in [0.15, 0.2) is 0 Å². The van der Waals surface area contributed by atoms with Gasteiger partial charge in [0.05, 0.1) is 33.0 Å². The number of carbonyl (C=O) groups is 5. The third kappa shape index (κ3) is 38.9. The number of cyclic esters (lactones) is 4. The highest BCUT2D eigenvalue weighted by Crippen LogP contribution is 2.26. The Hall–Kier alpha value is -2.73. The molecule has 1 aliphatic rings. The zero-order valence-electron chi connectivity index (χ0n) is 45.8. The Morgan fingerprint density at radius 1 is 0.486 bits per heavy atom. The van der Waals surface area contributed by atoms with Crippen LogP contribution in [0.2, 0.25) is 0 Å². The van der Waals surface area contributed by atoms with Gasteiger partial charge < -0.3 is 33.9 Å². The van der Waals surface area contributed by atoms with Crippen molar-refractivity contribution >= 4 is 29.8 Å². The molecule has 1 rings (SSSR count). The predicted octanol–water partition coefficient (Wildman–Crippen LogP) is 13.3. The van der Waals surface area contributed by atoms with Crippen molar-refractivity contribution in [2.75, 3.05) is 65.8 Å². The first kappa shape index (κ1) is 65.3. The van der Waals surface area contributed by atoms with Gasteiger partial charge in [0.2, 0.25) is 5.91 Å². The molecule has 0 spiro atoms. The number of ether oxygens (including phenoxy) is 4. The first-order valence-electron chi connectivity index (χ1n) is 29.4. The van der Waals surface area contributed by atoms with Gasteiger partial charge in [0, 0.05) is 58.3 Å². The van der Waals surface area contributed by atoms with Gasteiger partial charge in [-0.15, -0.1) is 0 Å². The lowest BCUT2D eigenvalue weighted by Gasteiger charge is -2.25. The monoisotopic (exact) mass is 993 g/mol. The molecule has 0 saturated carbocycles. The Morgan fingerprint density at radius 3 is 1.36 bits per heavy atom. The number of hydrogen-bond donors (Lipinski definition) is 1. The Labute approximate surface area is 428 Å². The molecule has 1 fully saturated rings. The van der Waals surface area contributed by atoms with E-state index in [4.69, 9.17) is 18.9 Å². The topological polar surface area (TPSA) is 149 Å². The summed E-state index contributed by atoms with van der Waals surface area (Å²) >= 11 is 0. The summed E-state index contributed by atoms with van der Waals surface area (Å²) in [6.07, 6.45) is 34.8. The average molecular weight is 994 g/mol. The summed E-state index contributed by atoms with van der Waals surface area (Å²) in [5, 5.41) is 9.39. The number of nitrogens with zero attached hydrogens (tertiary/aromatic N) is 2. The number of likely N-dealkylation sites (N-methyl/N-ethyl adjacent to an activating group) is 1. The second kappa shape index (κ2) is 47.3. The molecule has 1 saturated heterocycles. The Kier molecular flexibility index (Phi) is 44.1. The van der Waals surface area contributed by atoms with E-state index in [-0.39, 0.29) is 62.4 Å². The van der Waals surface area contributed by atoms with Crippen LogP contribution < -0.4 is 0 Å². The largest absolute Gasteiger partial charge is 0.466 e. The standard InChI is InChI=1S/C58H108N2O10/c1-5-9-11-13-14-19-34-52-35-21-15-20-31-51(30-7-3)32-26-27-36-53(33-18-12-10-6-2)50-70-58(66)40-25-17-23-38-56(64)68-48-29-43-60(54(62)41-44-59(8-4)45-46-61)42-28-47-67-55(63)37-22-16-24-39-57(65)69-49-52/h51-53,61H,5-50H2,1-4H3. The minimum absolute atomic E-state index is 0.0285. The number of esters is 4. The SMILES string of the molecule is CCCCCCCCC1CCCCCC(CCC)CCCCC(CCCCCC)COC(=O)CCCCCC(=O)OCCCN(C(=O)CCN(CC)CCO)CCCOC(=O)CCCCCC(=O)OC1. The normalized spacial score (nSPS) is 21.6.